The summed E-state index contributed by atoms with van der Waals surface area (Å²) in [5.74, 6) is -10.7. The third-order valence-electron chi connectivity index (χ3n) is 8.81. The summed E-state index contributed by atoms with van der Waals surface area (Å²) in [6, 6.07) is 8.43. The van der Waals surface area contributed by atoms with E-state index in [2.05, 4.69) is 11.7 Å². The summed E-state index contributed by atoms with van der Waals surface area (Å²) in [6.45, 7) is 2.09. The molecule has 2 nitrogen and oxygen atoms in total. The largest absolute Gasteiger partial charge is 0.432 e. The maximum atomic E-state index is 15.0. The lowest BCUT2D eigenvalue weighted by molar-refractivity contribution is -0.223. The second-order valence-corrected chi connectivity index (χ2v) is 12.2. The molecule has 0 radical (unpaired) electrons. The van der Waals surface area contributed by atoms with E-state index in [1.165, 1.54) is 6.07 Å². The minimum absolute atomic E-state index is 0.0847. The monoisotopic (exact) mass is 698 g/mol. The molecule has 4 aromatic carbocycles. The molecule has 1 aliphatic carbocycles. The van der Waals surface area contributed by atoms with Gasteiger partial charge in [-0.25, -0.2) is 26.3 Å². The Morgan fingerprint density at radius 3 is 1.76 bits per heavy atom. The van der Waals surface area contributed by atoms with Crippen LogP contribution >= 0.6 is 0 Å². The van der Waals surface area contributed by atoms with Crippen molar-refractivity contribution in [2.24, 2.45) is 11.8 Å². The highest BCUT2D eigenvalue weighted by Crippen LogP contribution is 2.42. The second-order valence-electron chi connectivity index (χ2n) is 12.2. The molecule has 262 valence electrons. The molecule has 1 fully saturated rings. The number of halogens is 10. The fourth-order valence-corrected chi connectivity index (χ4v) is 6.13. The molecule has 0 N–H and O–H groups in total. The van der Waals surface area contributed by atoms with Crippen LogP contribution in [0.3, 0.4) is 0 Å². The molecule has 0 unspecified atom stereocenters. The Kier molecular flexibility index (Phi) is 10.8. The van der Waals surface area contributed by atoms with Crippen molar-refractivity contribution in [1.82, 2.24) is 0 Å². The van der Waals surface area contributed by atoms with Crippen molar-refractivity contribution < 1.29 is 53.4 Å². The molecule has 1 saturated carbocycles. The topological polar surface area (TPSA) is 18.5 Å². The van der Waals surface area contributed by atoms with Crippen molar-refractivity contribution in [3.63, 3.8) is 0 Å². The first-order chi connectivity index (χ1) is 23.2. The molecule has 0 bridgehead atoms. The number of hydrogen-bond donors (Lipinski definition) is 0. The van der Waals surface area contributed by atoms with Gasteiger partial charge in [-0.3, -0.25) is 0 Å². The van der Waals surface area contributed by atoms with Crippen molar-refractivity contribution >= 4 is 0 Å². The lowest BCUT2D eigenvalue weighted by atomic mass is 9.79. The predicted molar refractivity (Wildman–Crippen MR) is 163 cm³/mol. The van der Waals surface area contributed by atoms with Crippen molar-refractivity contribution in [3.8, 4) is 33.8 Å². The highest BCUT2D eigenvalue weighted by molar-refractivity contribution is 5.72. The molecule has 5 rings (SSSR count). The van der Waals surface area contributed by atoms with Gasteiger partial charge in [-0.1, -0.05) is 44.7 Å². The van der Waals surface area contributed by atoms with Gasteiger partial charge < -0.3 is 9.47 Å². The molecule has 4 aromatic rings. The van der Waals surface area contributed by atoms with E-state index >= 15 is 13.2 Å². The van der Waals surface area contributed by atoms with Gasteiger partial charge in [0.15, 0.2) is 17.5 Å². The van der Waals surface area contributed by atoms with E-state index in [-0.39, 0.29) is 35.1 Å². The van der Waals surface area contributed by atoms with Gasteiger partial charge >= 0.3 is 12.2 Å². The molecule has 0 spiro atoms. The average Bonchev–Trinajstić information content (AvgIpc) is 3.03. The van der Waals surface area contributed by atoms with Crippen LogP contribution in [0.25, 0.3) is 22.3 Å². The molecular weight excluding hydrogens is 666 g/mol. The zero-order valence-electron chi connectivity index (χ0n) is 26.3. The van der Waals surface area contributed by atoms with Gasteiger partial charge in [-0.05, 0) is 85.2 Å². The quantitative estimate of drug-likeness (QED) is 0.0833. The van der Waals surface area contributed by atoms with Crippen molar-refractivity contribution in [2.75, 3.05) is 0 Å². The summed E-state index contributed by atoms with van der Waals surface area (Å²) < 4.78 is 154. The number of hydrogen-bond acceptors (Lipinski definition) is 2. The number of unbranched alkanes of at least 4 members (excludes halogenated alkanes) is 2. The summed E-state index contributed by atoms with van der Waals surface area (Å²) in [5.41, 5.74) is -2.30. The zero-order chi connectivity index (χ0) is 35.5. The van der Waals surface area contributed by atoms with Crippen LogP contribution in [0.15, 0.2) is 66.7 Å². The normalized spacial score (nSPS) is 16.9. The lowest BCUT2D eigenvalue weighted by Gasteiger charge is -2.33. The molecule has 1 aliphatic rings. The fourth-order valence-electron chi connectivity index (χ4n) is 6.13. The summed E-state index contributed by atoms with van der Waals surface area (Å²) in [6.07, 6.45) is -2.13. The highest BCUT2D eigenvalue weighted by atomic mass is 19.3. The van der Waals surface area contributed by atoms with Crippen LogP contribution in [-0.2, 0) is 6.11 Å². The summed E-state index contributed by atoms with van der Waals surface area (Å²) in [4.78, 5) is 0. The molecule has 0 atom stereocenters. The minimum atomic E-state index is -4.37. The maximum absolute atomic E-state index is 15.0. The highest BCUT2D eigenvalue weighted by Gasteiger charge is 2.44. The Morgan fingerprint density at radius 1 is 0.592 bits per heavy atom. The van der Waals surface area contributed by atoms with Gasteiger partial charge in [0.1, 0.15) is 34.5 Å². The van der Waals surface area contributed by atoms with E-state index in [1.807, 2.05) is 0 Å². The second kappa shape index (κ2) is 14.7. The van der Waals surface area contributed by atoms with Crippen LogP contribution in [0, 0.1) is 46.7 Å². The Balaban J connectivity index is 1.25. The van der Waals surface area contributed by atoms with Crippen LogP contribution in [-0.4, -0.2) is 6.11 Å². The third-order valence-corrected chi connectivity index (χ3v) is 8.81. The SMILES string of the molecule is CCCCCC1CCC(C(F)(F)Oc2ccc(C(F)(F)Oc3ccc(-c4ccc(-c5cc(F)c(F)c(F)c5)c(F)c4)c(F)c3)c(F)c2)CC1. The number of ether oxygens (including phenoxy) is 2. The molecule has 0 aromatic heterocycles. The van der Waals surface area contributed by atoms with Crippen molar-refractivity contribution in [1.29, 1.82) is 0 Å². The molecule has 12 heteroatoms. The number of benzene rings is 4. The summed E-state index contributed by atoms with van der Waals surface area (Å²) in [7, 11) is 0. The predicted octanol–water partition coefficient (Wildman–Crippen LogP) is 12.3. The van der Waals surface area contributed by atoms with Crippen LogP contribution in [0.4, 0.5) is 43.9 Å². The molecular formula is C37H32F10O2. The molecule has 0 saturated heterocycles. The van der Waals surface area contributed by atoms with Crippen LogP contribution in [0.2, 0.25) is 0 Å². The van der Waals surface area contributed by atoms with Crippen LogP contribution in [0.5, 0.6) is 11.5 Å². The van der Waals surface area contributed by atoms with Crippen LogP contribution in [0.1, 0.15) is 63.9 Å². The number of alkyl halides is 4. The van der Waals surface area contributed by atoms with Gasteiger partial charge in [-0.2, -0.15) is 17.6 Å². The fraction of sp³-hybridized carbons (Fsp3) is 0.351. The van der Waals surface area contributed by atoms with Gasteiger partial charge in [0.05, 0.1) is 5.92 Å². The first-order valence-corrected chi connectivity index (χ1v) is 15.9. The maximum Gasteiger partial charge on any atom is 0.429 e. The zero-order valence-corrected chi connectivity index (χ0v) is 26.3. The van der Waals surface area contributed by atoms with E-state index < -0.39 is 70.1 Å². The van der Waals surface area contributed by atoms with E-state index in [1.54, 1.807) is 0 Å². The minimum Gasteiger partial charge on any atom is -0.432 e. The Hall–Kier alpha value is -4.22. The Bertz CT molecular complexity index is 1760. The standard InChI is InChI=1S/C37H32F10O2/c1-2-3-4-5-21-6-9-24(10-7-21)36(44,45)48-26-12-15-29(32(40)20-26)37(46,47)49-25-11-14-27(31(39)19-25)22-8-13-28(30(38)16-22)23-17-33(41)35(43)34(42)18-23/h8,11-21,24H,2-7,9-10H2,1H3. The van der Waals surface area contributed by atoms with E-state index in [9.17, 15) is 30.7 Å². The smallest absolute Gasteiger partial charge is 0.429 e. The summed E-state index contributed by atoms with van der Waals surface area (Å²) >= 11 is 0. The Morgan fingerprint density at radius 2 is 1.14 bits per heavy atom. The molecule has 0 aliphatic heterocycles. The molecule has 49 heavy (non-hydrogen) atoms. The molecule has 0 amide bonds. The Labute approximate surface area is 276 Å². The van der Waals surface area contributed by atoms with Gasteiger partial charge in [0.2, 0.25) is 0 Å². The molecule has 0 heterocycles. The average molecular weight is 699 g/mol. The van der Waals surface area contributed by atoms with Gasteiger partial charge in [0, 0.05) is 23.3 Å². The lowest BCUT2D eigenvalue weighted by Crippen LogP contribution is -2.37. The third kappa shape index (κ3) is 8.33. The number of rotatable bonds is 12. The first kappa shape index (κ1) is 36.1. The van der Waals surface area contributed by atoms with E-state index in [0.717, 1.165) is 56.0 Å². The van der Waals surface area contributed by atoms with Crippen molar-refractivity contribution in [2.45, 2.75) is 70.5 Å². The van der Waals surface area contributed by atoms with E-state index in [0.29, 0.717) is 49.1 Å². The van der Waals surface area contributed by atoms with Crippen LogP contribution < -0.4 is 9.47 Å². The van der Waals surface area contributed by atoms with E-state index in [4.69, 9.17) is 4.74 Å². The van der Waals surface area contributed by atoms with Gasteiger partial charge in [0.25, 0.3) is 0 Å². The van der Waals surface area contributed by atoms with Gasteiger partial charge in [-0.15, -0.1) is 0 Å². The first-order valence-electron chi connectivity index (χ1n) is 15.9. The summed E-state index contributed by atoms with van der Waals surface area (Å²) in [5, 5.41) is 0. The van der Waals surface area contributed by atoms with Crippen molar-refractivity contribution in [3.05, 3.63) is 107 Å².